The monoisotopic (exact) mass is 718 g/mol. The Morgan fingerprint density at radius 1 is 0.571 bits per heavy atom. The molecule has 0 spiro atoms. The summed E-state index contributed by atoms with van der Waals surface area (Å²) in [6, 6.07) is 51.3. The Labute approximate surface area is 329 Å². The normalized spacial score (nSPS) is 19.7. The lowest BCUT2D eigenvalue weighted by molar-refractivity contribution is 0.806. The molecule has 2 nitrogen and oxygen atoms in total. The first-order valence-electron chi connectivity index (χ1n) is 19.7. The molecule has 0 saturated heterocycles. The third-order valence-corrected chi connectivity index (χ3v) is 11.6. The number of para-hydroxylation sites is 1. The molecule has 1 atom stereocenters. The summed E-state index contributed by atoms with van der Waals surface area (Å²) in [5.41, 5.74) is 17.7. The first kappa shape index (κ1) is 33.7. The highest BCUT2D eigenvalue weighted by Gasteiger charge is 2.26. The van der Waals surface area contributed by atoms with Crippen LogP contribution in [0, 0.1) is 5.92 Å². The third kappa shape index (κ3) is 6.10. The highest BCUT2D eigenvalue weighted by atomic mass is 15.0. The maximum atomic E-state index is 3.45. The van der Waals surface area contributed by atoms with Gasteiger partial charge in [-0.25, -0.2) is 0 Å². The van der Waals surface area contributed by atoms with Crippen molar-refractivity contribution in [2.24, 2.45) is 5.92 Å². The summed E-state index contributed by atoms with van der Waals surface area (Å²) < 4.78 is 2.38. The van der Waals surface area contributed by atoms with Crippen LogP contribution in [0.4, 0.5) is 0 Å². The Morgan fingerprint density at radius 2 is 1.27 bits per heavy atom. The van der Waals surface area contributed by atoms with Gasteiger partial charge >= 0.3 is 0 Å². The van der Waals surface area contributed by atoms with Crippen LogP contribution in [0.3, 0.4) is 0 Å². The molecule has 2 heterocycles. The average Bonchev–Trinajstić information content (AvgIpc) is 3.59. The molecule has 268 valence electrons. The summed E-state index contributed by atoms with van der Waals surface area (Å²) in [7, 11) is 0. The van der Waals surface area contributed by atoms with E-state index in [0.29, 0.717) is 0 Å². The molecule has 0 fully saturated rings. The molecule has 2 aliphatic carbocycles. The van der Waals surface area contributed by atoms with Crippen LogP contribution in [-0.4, -0.2) is 4.57 Å². The molecular formula is C54H42N2. The fourth-order valence-electron chi connectivity index (χ4n) is 8.87. The molecule has 2 heteroatoms. The van der Waals surface area contributed by atoms with Crippen LogP contribution in [0.5, 0.6) is 0 Å². The van der Waals surface area contributed by atoms with E-state index in [4.69, 9.17) is 0 Å². The van der Waals surface area contributed by atoms with Crippen LogP contribution in [-0.2, 0) is 6.54 Å². The smallest absolute Gasteiger partial charge is 0.0538 e. The van der Waals surface area contributed by atoms with E-state index < -0.39 is 0 Å². The number of hydrogen-bond donors (Lipinski definition) is 1. The number of nitrogens with zero attached hydrogens (tertiary/aromatic N) is 1. The molecule has 56 heavy (non-hydrogen) atoms. The Bertz CT molecular complexity index is 2850. The Hall–Kier alpha value is -6.90. The van der Waals surface area contributed by atoms with Crippen LogP contribution in [0.25, 0.3) is 66.8 Å². The summed E-state index contributed by atoms with van der Waals surface area (Å²) >= 11 is 0. The Kier molecular flexibility index (Phi) is 8.65. The number of fused-ring (bicyclic) bond motifs is 5. The van der Waals surface area contributed by atoms with Gasteiger partial charge in [-0.15, -0.1) is 0 Å². The maximum absolute atomic E-state index is 3.45. The molecule has 10 rings (SSSR count). The molecule has 0 saturated carbocycles. The highest BCUT2D eigenvalue weighted by Crippen LogP contribution is 2.44. The van der Waals surface area contributed by atoms with Crippen molar-refractivity contribution >= 4 is 38.9 Å². The summed E-state index contributed by atoms with van der Waals surface area (Å²) in [5.74, 6) is 0.221. The van der Waals surface area contributed by atoms with Crippen molar-refractivity contribution < 1.29 is 0 Å². The van der Waals surface area contributed by atoms with Gasteiger partial charge in [-0.1, -0.05) is 158 Å². The Morgan fingerprint density at radius 3 is 2.09 bits per heavy atom. The van der Waals surface area contributed by atoms with E-state index >= 15 is 0 Å². The van der Waals surface area contributed by atoms with Gasteiger partial charge in [0.1, 0.15) is 0 Å². The van der Waals surface area contributed by atoms with Gasteiger partial charge in [0, 0.05) is 29.1 Å². The molecule has 1 unspecified atom stereocenters. The van der Waals surface area contributed by atoms with Gasteiger partial charge in [0.25, 0.3) is 0 Å². The van der Waals surface area contributed by atoms with Crippen molar-refractivity contribution in [3.05, 3.63) is 228 Å². The number of benzene rings is 6. The SMILES string of the molecule is CC1=C(/c2ccc(-c3ccc4ccccc4c3)cc2)C2CC=CC=C2/C(c2ccc(-c3ccc4c(c3)c3c(n4-c4ccccc4)C=CNC3)cc2)=C/C=C/C=C\1. The van der Waals surface area contributed by atoms with E-state index in [1.54, 1.807) is 0 Å². The van der Waals surface area contributed by atoms with Crippen molar-refractivity contribution in [1.29, 1.82) is 0 Å². The van der Waals surface area contributed by atoms with E-state index in [1.807, 2.05) is 0 Å². The first-order valence-corrected chi connectivity index (χ1v) is 19.7. The average molecular weight is 719 g/mol. The van der Waals surface area contributed by atoms with Gasteiger partial charge in [0.2, 0.25) is 0 Å². The predicted molar refractivity (Wildman–Crippen MR) is 238 cm³/mol. The molecule has 1 N–H and O–H groups in total. The molecule has 1 aromatic heterocycles. The van der Waals surface area contributed by atoms with Crippen LogP contribution in [0.15, 0.2) is 205 Å². The maximum Gasteiger partial charge on any atom is 0.0538 e. The fraction of sp³-hybridized carbons (Fsp3) is 0.0741. The van der Waals surface area contributed by atoms with E-state index in [2.05, 4.69) is 217 Å². The van der Waals surface area contributed by atoms with E-state index in [-0.39, 0.29) is 5.92 Å². The van der Waals surface area contributed by atoms with Gasteiger partial charge in [-0.2, -0.15) is 0 Å². The number of hydrogen-bond acceptors (Lipinski definition) is 1. The third-order valence-electron chi connectivity index (χ3n) is 11.6. The zero-order valence-electron chi connectivity index (χ0n) is 31.5. The van der Waals surface area contributed by atoms with Crippen molar-refractivity contribution in [2.45, 2.75) is 19.9 Å². The molecular weight excluding hydrogens is 677 g/mol. The minimum Gasteiger partial charge on any atom is -0.387 e. The van der Waals surface area contributed by atoms with Gasteiger partial charge in [-0.05, 0) is 122 Å². The number of nitrogens with one attached hydrogen (secondary N) is 1. The molecule has 7 aromatic rings. The molecule has 0 amide bonds. The van der Waals surface area contributed by atoms with Crippen molar-refractivity contribution in [3.8, 4) is 27.9 Å². The number of aromatic nitrogens is 1. The second-order valence-corrected chi connectivity index (χ2v) is 15.0. The molecule has 3 aliphatic rings. The first-order chi connectivity index (χ1) is 27.7. The van der Waals surface area contributed by atoms with Crippen LogP contribution >= 0.6 is 0 Å². The van der Waals surface area contributed by atoms with Crippen molar-refractivity contribution in [3.63, 3.8) is 0 Å². The molecule has 0 radical (unpaired) electrons. The molecule has 0 bridgehead atoms. The molecule has 1 aliphatic heterocycles. The summed E-state index contributed by atoms with van der Waals surface area (Å²) in [4.78, 5) is 0. The van der Waals surface area contributed by atoms with Gasteiger partial charge in [0.15, 0.2) is 0 Å². The van der Waals surface area contributed by atoms with Gasteiger partial charge in [0.05, 0.1) is 11.2 Å². The minimum atomic E-state index is 0.221. The predicted octanol–water partition coefficient (Wildman–Crippen LogP) is 13.7. The zero-order valence-corrected chi connectivity index (χ0v) is 31.5. The van der Waals surface area contributed by atoms with E-state index in [0.717, 1.165) is 13.0 Å². The summed E-state index contributed by atoms with van der Waals surface area (Å²) in [5, 5.41) is 7.27. The molecule has 6 aromatic carbocycles. The summed E-state index contributed by atoms with van der Waals surface area (Å²) in [6.45, 7) is 3.08. The van der Waals surface area contributed by atoms with Crippen LogP contribution < -0.4 is 5.32 Å². The van der Waals surface area contributed by atoms with Crippen molar-refractivity contribution in [2.75, 3.05) is 0 Å². The summed E-state index contributed by atoms with van der Waals surface area (Å²) in [6.07, 6.45) is 23.2. The highest BCUT2D eigenvalue weighted by molar-refractivity contribution is 5.95. The Balaban J connectivity index is 0.986. The van der Waals surface area contributed by atoms with Gasteiger partial charge < -0.3 is 9.88 Å². The number of rotatable bonds is 5. The lowest BCUT2D eigenvalue weighted by Gasteiger charge is -2.29. The fourth-order valence-corrected chi connectivity index (χ4v) is 8.87. The lowest BCUT2D eigenvalue weighted by Crippen LogP contribution is -2.12. The van der Waals surface area contributed by atoms with Crippen LogP contribution in [0.1, 0.15) is 35.7 Å². The topological polar surface area (TPSA) is 17.0 Å². The minimum absolute atomic E-state index is 0.221. The second kappa shape index (κ2) is 14.4. The lowest BCUT2D eigenvalue weighted by atomic mass is 9.75. The van der Waals surface area contributed by atoms with Gasteiger partial charge in [-0.3, -0.25) is 0 Å². The van der Waals surface area contributed by atoms with Crippen LogP contribution in [0.2, 0.25) is 0 Å². The standard InChI is InChI=1S/C54H42N2/c1-37-12-4-2-7-17-47(48-18-10-11-19-49(48)54(37)42-27-22-39(23-28-42)44-29-24-38-13-8-9-14-43(38)34-44)41-25-20-40(21-26-41)45-30-31-52-50(35-45)51-36-55-33-32-53(51)56(52)46-15-5-3-6-16-46/h2-18,20-35,49,55H,19,36H2,1H3/b7-2+,12-4-,47-17+,54-37+. The second-order valence-electron chi connectivity index (χ2n) is 15.0. The van der Waals surface area contributed by atoms with E-state index in [1.165, 1.54) is 94.3 Å². The largest absolute Gasteiger partial charge is 0.387 e. The quantitative estimate of drug-likeness (QED) is 0.187. The van der Waals surface area contributed by atoms with Crippen molar-refractivity contribution in [1.82, 2.24) is 9.88 Å². The van der Waals surface area contributed by atoms with E-state index in [9.17, 15) is 0 Å². The number of allylic oxidation sites excluding steroid dienone is 12. The zero-order chi connectivity index (χ0) is 37.4.